The number of ether oxygens (including phenoxy) is 2. The lowest BCUT2D eigenvalue weighted by atomic mass is 10.1. The van der Waals surface area contributed by atoms with Gasteiger partial charge in [-0.1, -0.05) is 18.2 Å². The second kappa shape index (κ2) is 7.11. The van der Waals surface area contributed by atoms with E-state index in [2.05, 4.69) is 16.3 Å². The van der Waals surface area contributed by atoms with Crippen LogP contribution in [0.5, 0.6) is 5.75 Å². The first-order valence-corrected chi connectivity index (χ1v) is 8.05. The Balaban J connectivity index is 1.58. The Kier molecular flexibility index (Phi) is 4.95. The topological polar surface area (TPSA) is 50.8 Å². The summed E-state index contributed by atoms with van der Waals surface area (Å²) in [6, 6.07) is 8.32. The van der Waals surface area contributed by atoms with Crippen LogP contribution in [0.1, 0.15) is 25.3 Å². The molecule has 1 fully saturated rings. The van der Waals surface area contributed by atoms with E-state index < -0.39 is 0 Å². The SMILES string of the molecule is CC1CN(CC(=O)NC2CCOCC2)Cc2ccccc2O1. The second-order valence-corrected chi connectivity index (χ2v) is 6.16. The molecular weight excluding hydrogens is 280 g/mol. The molecule has 1 N–H and O–H groups in total. The molecule has 2 aliphatic heterocycles. The Bertz CT molecular complexity index is 514. The minimum Gasteiger partial charge on any atom is -0.489 e. The third-order valence-electron chi connectivity index (χ3n) is 4.16. The molecule has 3 rings (SSSR count). The molecule has 0 bridgehead atoms. The predicted octanol–water partition coefficient (Wildman–Crippen LogP) is 1.56. The van der Waals surface area contributed by atoms with Crippen molar-refractivity contribution in [3.8, 4) is 5.75 Å². The number of nitrogens with one attached hydrogen (secondary N) is 1. The highest BCUT2D eigenvalue weighted by atomic mass is 16.5. The number of fused-ring (bicyclic) bond motifs is 1. The van der Waals surface area contributed by atoms with Crippen molar-refractivity contribution in [3.05, 3.63) is 29.8 Å². The van der Waals surface area contributed by atoms with Gasteiger partial charge in [-0.3, -0.25) is 9.69 Å². The Hall–Kier alpha value is -1.59. The van der Waals surface area contributed by atoms with Gasteiger partial charge in [0.15, 0.2) is 0 Å². The van der Waals surface area contributed by atoms with Gasteiger partial charge in [0.05, 0.1) is 6.54 Å². The van der Waals surface area contributed by atoms with Crippen LogP contribution >= 0.6 is 0 Å². The van der Waals surface area contributed by atoms with Crippen molar-refractivity contribution in [2.24, 2.45) is 0 Å². The molecule has 0 aromatic heterocycles. The molecule has 2 heterocycles. The predicted molar refractivity (Wildman–Crippen MR) is 83.8 cm³/mol. The van der Waals surface area contributed by atoms with Crippen molar-refractivity contribution < 1.29 is 14.3 Å². The maximum absolute atomic E-state index is 12.3. The summed E-state index contributed by atoms with van der Waals surface area (Å²) in [5.74, 6) is 1.03. The number of hydrogen-bond acceptors (Lipinski definition) is 4. The average molecular weight is 304 g/mol. The van der Waals surface area contributed by atoms with Crippen molar-refractivity contribution in [3.63, 3.8) is 0 Å². The van der Waals surface area contributed by atoms with E-state index in [0.717, 1.165) is 50.5 Å². The quantitative estimate of drug-likeness (QED) is 0.921. The molecule has 1 amide bonds. The molecule has 1 aromatic carbocycles. The van der Waals surface area contributed by atoms with E-state index in [-0.39, 0.29) is 18.1 Å². The average Bonchev–Trinajstić information content (AvgIpc) is 2.65. The fourth-order valence-electron chi connectivity index (χ4n) is 3.11. The first kappa shape index (κ1) is 15.3. The second-order valence-electron chi connectivity index (χ2n) is 6.16. The van der Waals surface area contributed by atoms with Crippen LogP contribution in [-0.2, 0) is 16.1 Å². The molecule has 0 saturated carbocycles. The highest BCUT2D eigenvalue weighted by molar-refractivity contribution is 5.78. The lowest BCUT2D eigenvalue weighted by Crippen LogP contribution is -2.45. The van der Waals surface area contributed by atoms with Gasteiger partial charge in [0, 0.05) is 37.9 Å². The largest absolute Gasteiger partial charge is 0.489 e. The summed E-state index contributed by atoms with van der Waals surface area (Å²) in [6.45, 7) is 5.46. The third-order valence-corrected chi connectivity index (χ3v) is 4.16. The summed E-state index contributed by atoms with van der Waals surface area (Å²) in [4.78, 5) is 14.4. The molecule has 0 spiro atoms. The van der Waals surface area contributed by atoms with E-state index in [4.69, 9.17) is 9.47 Å². The zero-order chi connectivity index (χ0) is 15.4. The molecule has 0 radical (unpaired) electrons. The molecule has 0 aliphatic carbocycles. The normalized spacial score (nSPS) is 23.2. The number of benzene rings is 1. The Morgan fingerprint density at radius 3 is 2.91 bits per heavy atom. The van der Waals surface area contributed by atoms with Gasteiger partial charge in [-0.2, -0.15) is 0 Å². The first-order chi connectivity index (χ1) is 10.7. The van der Waals surface area contributed by atoms with Crippen LogP contribution in [0.15, 0.2) is 24.3 Å². The number of carbonyl (C=O) groups is 1. The summed E-state index contributed by atoms with van der Waals surface area (Å²) in [5.41, 5.74) is 1.14. The van der Waals surface area contributed by atoms with Crippen LogP contribution in [0.2, 0.25) is 0 Å². The lowest BCUT2D eigenvalue weighted by Gasteiger charge is -2.26. The minimum absolute atomic E-state index is 0.0829. The molecule has 1 aromatic rings. The van der Waals surface area contributed by atoms with E-state index in [1.165, 1.54) is 0 Å². The van der Waals surface area contributed by atoms with Crippen molar-refractivity contribution in [2.45, 2.75) is 38.5 Å². The fourth-order valence-corrected chi connectivity index (χ4v) is 3.11. The summed E-state index contributed by atoms with van der Waals surface area (Å²) in [6.07, 6.45) is 1.90. The summed E-state index contributed by atoms with van der Waals surface area (Å²) in [7, 11) is 0. The van der Waals surface area contributed by atoms with E-state index in [9.17, 15) is 4.79 Å². The van der Waals surface area contributed by atoms with Gasteiger partial charge in [0.2, 0.25) is 5.91 Å². The van der Waals surface area contributed by atoms with Gasteiger partial charge in [0.1, 0.15) is 11.9 Å². The van der Waals surface area contributed by atoms with Gasteiger partial charge in [0.25, 0.3) is 0 Å². The van der Waals surface area contributed by atoms with Crippen molar-refractivity contribution in [1.29, 1.82) is 0 Å². The molecule has 2 aliphatic rings. The zero-order valence-electron chi connectivity index (χ0n) is 13.1. The van der Waals surface area contributed by atoms with Crippen LogP contribution < -0.4 is 10.1 Å². The highest BCUT2D eigenvalue weighted by Gasteiger charge is 2.23. The Morgan fingerprint density at radius 1 is 1.32 bits per heavy atom. The first-order valence-electron chi connectivity index (χ1n) is 8.05. The summed E-state index contributed by atoms with van der Waals surface area (Å²) in [5, 5.41) is 3.12. The van der Waals surface area contributed by atoms with Crippen molar-refractivity contribution in [1.82, 2.24) is 10.2 Å². The Labute approximate surface area is 131 Å². The summed E-state index contributed by atoms with van der Waals surface area (Å²) < 4.78 is 11.3. The lowest BCUT2D eigenvalue weighted by molar-refractivity contribution is -0.123. The number of rotatable bonds is 3. The molecular formula is C17H24N2O3. The van der Waals surface area contributed by atoms with E-state index in [0.29, 0.717) is 6.54 Å². The number of nitrogens with zero attached hydrogens (tertiary/aromatic N) is 1. The number of para-hydroxylation sites is 1. The molecule has 1 unspecified atom stereocenters. The molecule has 120 valence electrons. The monoisotopic (exact) mass is 304 g/mol. The van der Waals surface area contributed by atoms with Crippen LogP contribution in [0, 0.1) is 0 Å². The molecule has 22 heavy (non-hydrogen) atoms. The number of carbonyl (C=O) groups excluding carboxylic acids is 1. The van der Waals surface area contributed by atoms with Gasteiger partial charge >= 0.3 is 0 Å². The maximum Gasteiger partial charge on any atom is 0.234 e. The van der Waals surface area contributed by atoms with Crippen LogP contribution in [0.3, 0.4) is 0 Å². The van der Waals surface area contributed by atoms with Gasteiger partial charge < -0.3 is 14.8 Å². The van der Waals surface area contributed by atoms with Crippen LogP contribution in [0.25, 0.3) is 0 Å². The van der Waals surface area contributed by atoms with Crippen molar-refractivity contribution in [2.75, 3.05) is 26.3 Å². The van der Waals surface area contributed by atoms with Gasteiger partial charge in [-0.25, -0.2) is 0 Å². The van der Waals surface area contributed by atoms with Crippen molar-refractivity contribution >= 4 is 5.91 Å². The maximum atomic E-state index is 12.3. The summed E-state index contributed by atoms with van der Waals surface area (Å²) >= 11 is 0. The third kappa shape index (κ3) is 3.99. The molecule has 5 nitrogen and oxygen atoms in total. The minimum atomic E-state index is 0.0829. The van der Waals surface area contributed by atoms with Gasteiger partial charge in [-0.15, -0.1) is 0 Å². The van der Waals surface area contributed by atoms with Crippen LogP contribution in [0.4, 0.5) is 0 Å². The van der Waals surface area contributed by atoms with Crippen LogP contribution in [-0.4, -0.2) is 49.3 Å². The Morgan fingerprint density at radius 2 is 2.09 bits per heavy atom. The van der Waals surface area contributed by atoms with E-state index in [1.807, 2.05) is 25.1 Å². The number of hydrogen-bond donors (Lipinski definition) is 1. The molecule has 1 atom stereocenters. The van der Waals surface area contributed by atoms with Gasteiger partial charge in [-0.05, 0) is 25.8 Å². The van der Waals surface area contributed by atoms with E-state index in [1.54, 1.807) is 0 Å². The zero-order valence-corrected chi connectivity index (χ0v) is 13.1. The standard InChI is InChI=1S/C17H24N2O3/c1-13-10-19(11-14-4-2-3-5-16(14)22-13)12-17(20)18-15-6-8-21-9-7-15/h2-5,13,15H,6-12H2,1H3,(H,18,20). The fraction of sp³-hybridized carbons (Fsp3) is 0.588. The molecule has 1 saturated heterocycles. The highest BCUT2D eigenvalue weighted by Crippen LogP contribution is 2.24. The van der Waals surface area contributed by atoms with E-state index >= 15 is 0 Å². The number of amides is 1. The smallest absolute Gasteiger partial charge is 0.234 e. The molecule has 5 heteroatoms.